The molecule has 0 fully saturated rings. The molecule has 0 radical (unpaired) electrons. The van der Waals surface area contributed by atoms with Gasteiger partial charge < -0.3 is 9.47 Å². The minimum Gasteiger partial charge on any atom is -0.490 e. The Morgan fingerprint density at radius 3 is 2.55 bits per heavy atom. The first-order valence-electron chi connectivity index (χ1n) is 9.20. The van der Waals surface area contributed by atoms with E-state index in [4.69, 9.17) is 9.47 Å². The molecule has 0 spiro atoms. The molecule has 148 valence electrons. The fourth-order valence-electron chi connectivity index (χ4n) is 2.81. The highest BCUT2D eigenvalue weighted by atomic mass is 32.1. The number of fused-ring (bicyclic) bond motifs is 1. The predicted octanol–water partition coefficient (Wildman–Crippen LogP) is 4.18. The van der Waals surface area contributed by atoms with Gasteiger partial charge >= 0.3 is 0 Å². The van der Waals surface area contributed by atoms with Crippen molar-refractivity contribution in [2.24, 2.45) is 0 Å². The normalized spacial score (nSPS) is 10.8. The molecule has 0 atom stereocenters. The number of benzene rings is 2. The van der Waals surface area contributed by atoms with Crippen molar-refractivity contribution in [1.82, 2.24) is 14.6 Å². The van der Waals surface area contributed by atoms with E-state index in [1.54, 1.807) is 16.6 Å². The fraction of sp³-hybridized carbons (Fsp3) is 0.190. The molecular formula is C21H20N4O3S. The highest BCUT2D eigenvalue weighted by Crippen LogP contribution is 2.27. The number of carbonyl (C=O) groups is 1. The van der Waals surface area contributed by atoms with Gasteiger partial charge in [0.2, 0.25) is 4.96 Å². The molecule has 0 aliphatic carbocycles. The standard InChI is InChI=1S/C21H20N4O3S/c1-3-27-17-6-4-5-7-18(17)28-12-19(26)22-20-23-21-25(24-20)16(13-29-21)15-10-8-14(2)9-11-15/h4-11,13H,3,12H2,1-2H3,(H,22,24,26). The van der Waals surface area contributed by atoms with Crippen LogP contribution >= 0.6 is 11.3 Å². The Balaban J connectivity index is 1.44. The van der Waals surface area contributed by atoms with Gasteiger partial charge in [-0.1, -0.05) is 42.0 Å². The van der Waals surface area contributed by atoms with Crippen LogP contribution in [0.5, 0.6) is 11.5 Å². The molecule has 4 aromatic rings. The monoisotopic (exact) mass is 408 g/mol. The van der Waals surface area contributed by atoms with Crippen LogP contribution in [0.1, 0.15) is 12.5 Å². The molecule has 29 heavy (non-hydrogen) atoms. The number of hydrogen-bond acceptors (Lipinski definition) is 6. The smallest absolute Gasteiger partial charge is 0.264 e. The number of aromatic nitrogens is 3. The number of carbonyl (C=O) groups excluding carboxylic acids is 1. The minimum absolute atomic E-state index is 0.165. The summed E-state index contributed by atoms with van der Waals surface area (Å²) in [6.45, 7) is 4.29. The summed E-state index contributed by atoms with van der Waals surface area (Å²) in [5.74, 6) is 1.03. The van der Waals surface area contributed by atoms with Gasteiger partial charge in [-0.25, -0.2) is 4.52 Å². The largest absolute Gasteiger partial charge is 0.490 e. The Morgan fingerprint density at radius 1 is 1.10 bits per heavy atom. The lowest BCUT2D eigenvalue weighted by Crippen LogP contribution is -2.21. The van der Waals surface area contributed by atoms with Gasteiger partial charge in [0.15, 0.2) is 18.1 Å². The van der Waals surface area contributed by atoms with E-state index in [0.29, 0.717) is 23.1 Å². The van der Waals surface area contributed by atoms with E-state index in [9.17, 15) is 4.79 Å². The lowest BCUT2D eigenvalue weighted by molar-refractivity contribution is -0.118. The number of anilines is 1. The van der Waals surface area contributed by atoms with Crippen LogP contribution in [0.3, 0.4) is 0 Å². The van der Waals surface area contributed by atoms with E-state index >= 15 is 0 Å². The molecule has 2 aromatic carbocycles. The zero-order valence-corrected chi connectivity index (χ0v) is 16.9. The third kappa shape index (κ3) is 4.22. The maximum Gasteiger partial charge on any atom is 0.264 e. The third-order valence-electron chi connectivity index (χ3n) is 4.19. The molecule has 0 bridgehead atoms. The molecule has 7 nitrogen and oxygen atoms in total. The van der Waals surface area contributed by atoms with Crippen molar-refractivity contribution in [3.05, 3.63) is 59.5 Å². The van der Waals surface area contributed by atoms with E-state index in [2.05, 4.69) is 27.5 Å². The summed E-state index contributed by atoms with van der Waals surface area (Å²) in [5, 5.41) is 9.10. The molecule has 0 aliphatic rings. The molecule has 4 rings (SSSR count). The topological polar surface area (TPSA) is 77.8 Å². The van der Waals surface area contributed by atoms with Gasteiger partial charge in [0.1, 0.15) is 0 Å². The fourth-order valence-corrected chi connectivity index (χ4v) is 3.64. The van der Waals surface area contributed by atoms with Crippen LogP contribution in [0, 0.1) is 6.92 Å². The maximum absolute atomic E-state index is 12.3. The number of nitrogens with zero attached hydrogens (tertiary/aromatic N) is 3. The molecule has 2 heterocycles. The second kappa shape index (κ2) is 8.32. The van der Waals surface area contributed by atoms with E-state index in [-0.39, 0.29) is 18.5 Å². The van der Waals surface area contributed by atoms with Crippen LogP contribution in [0.4, 0.5) is 5.95 Å². The molecule has 0 aliphatic heterocycles. The molecular weight excluding hydrogens is 388 g/mol. The molecule has 1 N–H and O–H groups in total. The summed E-state index contributed by atoms with van der Waals surface area (Å²) in [6.07, 6.45) is 0. The van der Waals surface area contributed by atoms with Crippen molar-refractivity contribution in [2.45, 2.75) is 13.8 Å². The van der Waals surface area contributed by atoms with Gasteiger partial charge in [-0.05, 0) is 26.0 Å². The van der Waals surface area contributed by atoms with Crippen molar-refractivity contribution in [2.75, 3.05) is 18.5 Å². The molecule has 8 heteroatoms. The van der Waals surface area contributed by atoms with Crippen molar-refractivity contribution in [3.63, 3.8) is 0 Å². The van der Waals surface area contributed by atoms with Crippen molar-refractivity contribution >= 4 is 28.2 Å². The van der Waals surface area contributed by atoms with Crippen molar-refractivity contribution in [1.29, 1.82) is 0 Å². The number of thiazole rings is 1. The van der Waals surface area contributed by atoms with E-state index in [1.807, 2.05) is 43.5 Å². The number of ether oxygens (including phenoxy) is 2. The van der Waals surface area contributed by atoms with Gasteiger partial charge in [0, 0.05) is 10.9 Å². The lowest BCUT2D eigenvalue weighted by Gasteiger charge is -2.10. The maximum atomic E-state index is 12.3. The molecule has 0 unspecified atom stereocenters. The lowest BCUT2D eigenvalue weighted by atomic mass is 10.1. The Bertz CT molecular complexity index is 1130. The second-order valence-corrected chi connectivity index (χ2v) is 7.17. The summed E-state index contributed by atoms with van der Waals surface area (Å²) < 4.78 is 12.8. The summed E-state index contributed by atoms with van der Waals surface area (Å²) in [4.78, 5) is 17.4. The van der Waals surface area contributed by atoms with Crippen LogP contribution in [-0.4, -0.2) is 33.7 Å². The van der Waals surface area contributed by atoms with Crippen LogP contribution in [0.15, 0.2) is 53.9 Å². The number of nitrogens with one attached hydrogen (secondary N) is 1. The Hall–Kier alpha value is -3.39. The first kappa shape index (κ1) is 18.9. The number of hydrogen-bond donors (Lipinski definition) is 1. The van der Waals surface area contributed by atoms with Crippen LogP contribution < -0.4 is 14.8 Å². The summed E-state index contributed by atoms with van der Waals surface area (Å²) >= 11 is 1.47. The summed E-state index contributed by atoms with van der Waals surface area (Å²) in [6, 6.07) is 15.4. The average molecular weight is 408 g/mol. The van der Waals surface area contributed by atoms with Gasteiger partial charge in [-0.3, -0.25) is 10.1 Å². The van der Waals surface area contributed by atoms with Gasteiger partial charge in [0.25, 0.3) is 11.9 Å². The SMILES string of the molecule is CCOc1ccccc1OCC(=O)Nc1nc2scc(-c3ccc(C)cc3)n2n1. The van der Waals surface area contributed by atoms with Crippen molar-refractivity contribution < 1.29 is 14.3 Å². The molecule has 0 saturated carbocycles. The minimum atomic E-state index is -0.341. The summed E-state index contributed by atoms with van der Waals surface area (Å²) in [5.41, 5.74) is 3.16. The average Bonchev–Trinajstić information content (AvgIpc) is 3.28. The van der Waals surface area contributed by atoms with E-state index < -0.39 is 0 Å². The van der Waals surface area contributed by atoms with Gasteiger partial charge in [-0.15, -0.1) is 16.4 Å². The van der Waals surface area contributed by atoms with Crippen LogP contribution in [0.25, 0.3) is 16.2 Å². The van der Waals surface area contributed by atoms with Gasteiger partial charge in [-0.2, -0.15) is 4.98 Å². The zero-order valence-electron chi connectivity index (χ0n) is 16.1. The molecule has 0 saturated heterocycles. The third-order valence-corrected chi connectivity index (χ3v) is 5.00. The van der Waals surface area contributed by atoms with E-state index in [0.717, 1.165) is 11.3 Å². The van der Waals surface area contributed by atoms with E-state index in [1.165, 1.54) is 16.9 Å². The quantitative estimate of drug-likeness (QED) is 0.496. The first-order chi connectivity index (χ1) is 14.1. The number of amides is 1. The summed E-state index contributed by atoms with van der Waals surface area (Å²) in [7, 11) is 0. The zero-order chi connectivity index (χ0) is 20.2. The highest BCUT2D eigenvalue weighted by molar-refractivity contribution is 7.15. The second-order valence-electron chi connectivity index (χ2n) is 6.33. The van der Waals surface area contributed by atoms with Crippen LogP contribution in [0.2, 0.25) is 0 Å². The van der Waals surface area contributed by atoms with Crippen molar-refractivity contribution in [3.8, 4) is 22.8 Å². The highest BCUT2D eigenvalue weighted by Gasteiger charge is 2.14. The Morgan fingerprint density at radius 2 is 1.83 bits per heavy atom. The van der Waals surface area contributed by atoms with Gasteiger partial charge in [0.05, 0.1) is 12.3 Å². The molecule has 2 aromatic heterocycles. The Labute approximate surface area is 171 Å². The van der Waals surface area contributed by atoms with Crippen LogP contribution in [-0.2, 0) is 4.79 Å². The predicted molar refractivity (Wildman–Crippen MR) is 113 cm³/mol. The molecule has 1 amide bonds. The number of aryl methyl sites for hydroxylation is 1. The number of rotatable bonds is 7. The first-order valence-corrected chi connectivity index (χ1v) is 10.1. The Kier molecular flexibility index (Phi) is 5.44. The number of para-hydroxylation sites is 2.